The van der Waals surface area contributed by atoms with E-state index in [0.29, 0.717) is 5.58 Å². The molecule has 0 unspecified atom stereocenters. The van der Waals surface area contributed by atoms with Gasteiger partial charge in [-0.25, -0.2) is 4.79 Å². The first-order valence-corrected chi connectivity index (χ1v) is 12.6. The van der Waals surface area contributed by atoms with Crippen LogP contribution in [0.4, 0.5) is 5.69 Å². The minimum absolute atomic E-state index is 0.316. The summed E-state index contributed by atoms with van der Waals surface area (Å²) in [5, 5.41) is 0.963. The van der Waals surface area contributed by atoms with E-state index in [1.54, 1.807) is 24.9 Å². The van der Waals surface area contributed by atoms with E-state index in [2.05, 4.69) is 34.1 Å². The van der Waals surface area contributed by atoms with Gasteiger partial charge in [0.05, 0.1) is 7.11 Å². The average molecular weight is 473 g/mol. The van der Waals surface area contributed by atoms with Crippen LogP contribution in [0.15, 0.2) is 93.0 Å². The van der Waals surface area contributed by atoms with Gasteiger partial charge in [-0.1, -0.05) is 30.3 Å². The van der Waals surface area contributed by atoms with Gasteiger partial charge in [-0.05, 0) is 53.6 Å². The Morgan fingerprint density at radius 2 is 1.68 bits per heavy atom. The van der Waals surface area contributed by atoms with Crippen LogP contribution in [0.3, 0.4) is 0 Å². The molecule has 1 aromatic heterocycles. The van der Waals surface area contributed by atoms with Crippen LogP contribution in [0.5, 0.6) is 5.75 Å². The standard InChI is InChI=1S/C28H28N2O3S/c1-32-23-9-7-22(8-10-23)30-15-13-29(14-16-30)17-18-34-24-11-12-25-26(21-5-3-2-4-6-21)20-28(31)33-27(25)19-24/h2-12,19-20H,13-18H2,1H3. The van der Waals surface area contributed by atoms with Crippen LogP contribution in [0.25, 0.3) is 22.1 Å². The molecule has 1 aliphatic rings. The van der Waals surface area contributed by atoms with Crippen molar-refractivity contribution in [3.05, 3.63) is 89.3 Å². The molecule has 174 valence electrons. The van der Waals surface area contributed by atoms with Crippen LogP contribution in [-0.2, 0) is 0 Å². The van der Waals surface area contributed by atoms with E-state index in [1.165, 1.54) is 5.69 Å². The highest BCUT2D eigenvalue weighted by Gasteiger charge is 2.17. The number of ether oxygens (including phenoxy) is 1. The molecule has 1 fully saturated rings. The van der Waals surface area contributed by atoms with Crippen molar-refractivity contribution >= 4 is 28.4 Å². The van der Waals surface area contributed by atoms with E-state index in [0.717, 1.165) is 65.6 Å². The number of thioether (sulfide) groups is 1. The van der Waals surface area contributed by atoms with Crippen LogP contribution in [0, 0.1) is 0 Å². The third-order valence-corrected chi connectivity index (χ3v) is 7.26. The number of hydrogen-bond donors (Lipinski definition) is 0. The van der Waals surface area contributed by atoms with Gasteiger partial charge in [-0.15, -0.1) is 11.8 Å². The maximum atomic E-state index is 12.2. The first kappa shape index (κ1) is 22.6. The van der Waals surface area contributed by atoms with Crippen LogP contribution in [-0.4, -0.2) is 50.5 Å². The summed E-state index contributed by atoms with van der Waals surface area (Å²) in [6, 6.07) is 26.1. The third kappa shape index (κ3) is 5.13. The quantitative estimate of drug-likeness (QED) is 0.266. The Labute approximate surface area is 203 Å². The monoisotopic (exact) mass is 472 g/mol. The molecule has 0 spiro atoms. The van der Waals surface area contributed by atoms with Gasteiger partial charge in [0.15, 0.2) is 0 Å². The lowest BCUT2D eigenvalue weighted by Gasteiger charge is -2.36. The molecule has 0 bridgehead atoms. The number of methoxy groups -OCH3 is 1. The lowest BCUT2D eigenvalue weighted by molar-refractivity contribution is 0.273. The highest BCUT2D eigenvalue weighted by atomic mass is 32.2. The largest absolute Gasteiger partial charge is 0.497 e. The second-order valence-electron chi connectivity index (χ2n) is 8.38. The van der Waals surface area contributed by atoms with Crippen molar-refractivity contribution in [2.24, 2.45) is 0 Å². The van der Waals surface area contributed by atoms with Gasteiger partial charge in [0.1, 0.15) is 11.3 Å². The van der Waals surface area contributed by atoms with Crippen molar-refractivity contribution in [2.45, 2.75) is 4.90 Å². The maximum Gasteiger partial charge on any atom is 0.336 e. The predicted molar refractivity (Wildman–Crippen MR) is 140 cm³/mol. The van der Waals surface area contributed by atoms with Crippen LogP contribution >= 0.6 is 11.8 Å². The zero-order chi connectivity index (χ0) is 23.3. The molecule has 0 N–H and O–H groups in total. The normalized spacial score (nSPS) is 14.4. The molecule has 0 saturated carbocycles. The summed E-state index contributed by atoms with van der Waals surface area (Å²) in [6.45, 7) is 5.20. The van der Waals surface area contributed by atoms with Crippen LogP contribution in [0.1, 0.15) is 0 Å². The third-order valence-electron chi connectivity index (χ3n) is 6.29. The highest BCUT2D eigenvalue weighted by molar-refractivity contribution is 7.99. The van der Waals surface area contributed by atoms with Crippen molar-refractivity contribution in [3.63, 3.8) is 0 Å². The molecular weight excluding hydrogens is 444 g/mol. The summed E-state index contributed by atoms with van der Waals surface area (Å²) in [6.07, 6.45) is 0. The number of piperazine rings is 1. The van der Waals surface area contributed by atoms with Crippen molar-refractivity contribution in [1.29, 1.82) is 0 Å². The number of hydrogen-bond acceptors (Lipinski definition) is 6. The van der Waals surface area contributed by atoms with Gasteiger partial charge >= 0.3 is 5.63 Å². The van der Waals surface area contributed by atoms with E-state index in [9.17, 15) is 4.79 Å². The number of nitrogens with zero attached hydrogens (tertiary/aromatic N) is 2. The van der Waals surface area contributed by atoms with E-state index in [-0.39, 0.29) is 5.63 Å². The average Bonchev–Trinajstić information content (AvgIpc) is 2.89. The maximum absolute atomic E-state index is 12.2. The van der Waals surface area contributed by atoms with Crippen molar-refractivity contribution in [1.82, 2.24) is 4.90 Å². The fraction of sp³-hybridized carbons (Fsp3) is 0.250. The molecule has 34 heavy (non-hydrogen) atoms. The zero-order valence-corrected chi connectivity index (χ0v) is 20.1. The Kier molecular flexibility index (Phi) is 6.88. The van der Waals surface area contributed by atoms with Gasteiger partial charge in [-0.2, -0.15) is 0 Å². The lowest BCUT2D eigenvalue weighted by atomic mass is 10.0. The predicted octanol–water partition coefficient (Wildman–Crippen LogP) is 5.38. The van der Waals surface area contributed by atoms with Crippen LogP contribution in [0.2, 0.25) is 0 Å². The smallest absolute Gasteiger partial charge is 0.336 e. The van der Waals surface area contributed by atoms with E-state index in [1.807, 2.05) is 48.5 Å². The lowest BCUT2D eigenvalue weighted by Crippen LogP contribution is -2.47. The Hall–Kier alpha value is -3.22. The number of anilines is 1. The number of benzene rings is 3. The second kappa shape index (κ2) is 10.4. The summed E-state index contributed by atoms with van der Waals surface area (Å²) in [7, 11) is 1.70. The highest BCUT2D eigenvalue weighted by Crippen LogP contribution is 2.30. The first-order chi connectivity index (χ1) is 16.7. The molecule has 0 amide bonds. The molecule has 4 aromatic rings. The minimum Gasteiger partial charge on any atom is -0.497 e. The Balaban J connectivity index is 1.18. The molecule has 1 aliphatic heterocycles. The van der Waals surface area contributed by atoms with Gasteiger partial charge in [0.25, 0.3) is 0 Å². The van der Waals surface area contributed by atoms with E-state index in [4.69, 9.17) is 9.15 Å². The second-order valence-corrected chi connectivity index (χ2v) is 9.55. The first-order valence-electron chi connectivity index (χ1n) is 11.6. The summed E-state index contributed by atoms with van der Waals surface area (Å²) < 4.78 is 10.8. The topological polar surface area (TPSA) is 45.9 Å². The summed E-state index contributed by atoms with van der Waals surface area (Å²) in [5.41, 5.74) is 3.52. The van der Waals surface area contributed by atoms with Gasteiger partial charge in [-0.3, -0.25) is 4.90 Å². The zero-order valence-electron chi connectivity index (χ0n) is 19.3. The Morgan fingerprint density at radius 1 is 0.912 bits per heavy atom. The molecule has 2 heterocycles. The fourth-order valence-electron chi connectivity index (χ4n) is 4.40. The van der Waals surface area contributed by atoms with Crippen molar-refractivity contribution < 1.29 is 9.15 Å². The molecule has 0 atom stereocenters. The summed E-state index contributed by atoms with van der Waals surface area (Å²) >= 11 is 1.81. The Bertz CT molecular complexity index is 1300. The summed E-state index contributed by atoms with van der Waals surface area (Å²) in [4.78, 5) is 18.2. The SMILES string of the molecule is COc1ccc(N2CCN(CCSc3ccc4c(-c5ccccc5)cc(=O)oc4c3)CC2)cc1. The van der Waals surface area contributed by atoms with Crippen LogP contribution < -0.4 is 15.3 Å². The summed E-state index contributed by atoms with van der Waals surface area (Å²) in [5.74, 6) is 1.89. The van der Waals surface area contributed by atoms with Gasteiger partial charge in [0.2, 0.25) is 0 Å². The molecule has 0 aliphatic carbocycles. The Morgan fingerprint density at radius 3 is 2.41 bits per heavy atom. The molecule has 5 nitrogen and oxygen atoms in total. The minimum atomic E-state index is -0.316. The van der Waals surface area contributed by atoms with E-state index >= 15 is 0 Å². The molecule has 5 rings (SSSR count). The van der Waals surface area contributed by atoms with Gasteiger partial charge in [0, 0.05) is 60.5 Å². The molecular formula is C28H28N2O3S. The fourth-order valence-corrected chi connectivity index (χ4v) is 5.34. The van der Waals surface area contributed by atoms with E-state index < -0.39 is 0 Å². The number of rotatable bonds is 7. The number of fused-ring (bicyclic) bond motifs is 1. The van der Waals surface area contributed by atoms with Crippen molar-refractivity contribution in [2.75, 3.05) is 50.5 Å². The van der Waals surface area contributed by atoms with Crippen molar-refractivity contribution in [3.8, 4) is 16.9 Å². The van der Waals surface area contributed by atoms with Gasteiger partial charge < -0.3 is 14.1 Å². The molecule has 6 heteroatoms. The molecule has 3 aromatic carbocycles. The molecule has 0 radical (unpaired) electrons. The molecule has 1 saturated heterocycles.